The van der Waals surface area contributed by atoms with Crippen LogP contribution in [0.15, 0.2) is 24.3 Å². The highest BCUT2D eigenvalue weighted by atomic mass is 35.5. The van der Waals surface area contributed by atoms with Gasteiger partial charge in [-0.15, -0.1) is 0 Å². The standard InChI is InChI=1S/C16H27ClN2O2/c1-12(2)15(10-19(3)4)18-9-13(20)11-21-16-8-6-5-7-14(16)17/h5-8,12-13,15,18,20H,9-11H2,1-4H3. The molecule has 0 aliphatic carbocycles. The van der Waals surface area contributed by atoms with Crippen molar-refractivity contribution in [1.29, 1.82) is 0 Å². The smallest absolute Gasteiger partial charge is 0.138 e. The highest BCUT2D eigenvalue weighted by molar-refractivity contribution is 6.32. The van der Waals surface area contributed by atoms with Crippen LogP contribution in [0.4, 0.5) is 0 Å². The first kappa shape index (κ1) is 18.2. The van der Waals surface area contributed by atoms with Gasteiger partial charge in [-0.1, -0.05) is 37.6 Å². The maximum atomic E-state index is 10.0. The van der Waals surface area contributed by atoms with Crippen LogP contribution < -0.4 is 10.1 Å². The van der Waals surface area contributed by atoms with E-state index in [2.05, 4.69) is 24.1 Å². The fourth-order valence-corrected chi connectivity index (χ4v) is 2.19. The zero-order valence-corrected chi connectivity index (χ0v) is 14.1. The molecule has 0 aromatic heterocycles. The number of aliphatic hydroxyl groups excluding tert-OH is 1. The lowest BCUT2D eigenvalue weighted by molar-refractivity contribution is 0.0997. The molecule has 0 radical (unpaired) electrons. The fourth-order valence-electron chi connectivity index (χ4n) is 2.00. The normalized spacial score (nSPS) is 14.5. The Morgan fingerprint density at radius 3 is 2.52 bits per heavy atom. The van der Waals surface area contributed by atoms with Crippen molar-refractivity contribution in [2.24, 2.45) is 5.92 Å². The maximum absolute atomic E-state index is 10.0. The van der Waals surface area contributed by atoms with Crippen molar-refractivity contribution in [2.45, 2.75) is 26.0 Å². The molecule has 2 atom stereocenters. The molecule has 0 saturated carbocycles. The summed E-state index contributed by atoms with van der Waals surface area (Å²) in [6.07, 6.45) is -0.565. The van der Waals surface area contributed by atoms with Crippen molar-refractivity contribution >= 4 is 11.6 Å². The van der Waals surface area contributed by atoms with Crippen LogP contribution in [0.2, 0.25) is 5.02 Å². The lowest BCUT2D eigenvalue weighted by Crippen LogP contribution is -2.45. The predicted octanol–water partition coefficient (Wildman–Crippen LogP) is 2.26. The van der Waals surface area contributed by atoms with Crippen LogP contribution >= 0.6 is 11.6 Å². The summed E-state index contributed by atoms with van der Waals surface area (Å²) in [6, 6.07) is 7.62. The molecule has 1 aromatic rings. The molecule has 0 aliphatic heterocycles. The highest BCUT2D eigenvalue weighted by Gasteiger charge is 2.16. The van der Waals surface area contributed by atoms with E-state index < -0.39 is 6.10 Å². The molecular weight excluding hydrogens is 288 g/mol. The van der Waals surface area contributed by atoms with Gasteiger partial charge in [0, 0.05) is 19.1 Å². The number of rotatable bonds is 9. The third kappa shape index (κ3) is 7.14. The number of likely N-dealkylation sites (N-methyl/N-ethyl adjacent to an activating group) is 1. The molecule has 0 fully saturated rings. The molecule has 0 aliphatic rings. The molecule has 4 nitrogen and oxygen atoms in total. The number of aliphatic hydroxyl groups is 1. The molecule has 0 saturated heterocycles. The van der Waals surface area contributed by atoms with Crippen LogP contribution in [0.5, 0.6) is 5.75 Å². The average molecular weight is 315 g/mol. The highest BCUT2D eigenvalue weighted by Crippen LogP contribution is 2.23. The summed E-state index contributed by atoms with van der Waals surface area (Å²) in [6.45, 7) is 6.02. The lowest BCUT2D eigenvalue weighted by Gasteiger charge is -2.27. The fraction of sp³-hybridized carbons (Fsp3) is 0.625. The van der Waals surface area contributed by atoms with E-state index in [1.807, 2.05) is 26.2 Å². The number of benzene rings is 1. The van der Waals surface area contributed by atoms with Crippen molar-refractivity contribution in [3.05, 3.63) is 29.3 Å². The van der Waals surface area contributed by atoms with Crippen LogP contribution in [-0.2, 0) is 0 Å². The largest absolute Gasteiger partial charge is 0.489 e. The van der Waals surface area contributed by atoms with Crippen LogP contribution in [0, 0.1) is 5.92 Å². The first-order valence-corrected chi connectivity index (χ1v) is 7.71. The van der Waals surface area contributed by atoms with Crippen LogP contribution in [0.25, 0.3) is 0 Å². The molecule has 5 heteroatoms. The molecule has 21 heavy (non-hydrogen) atoms. The Labute approximate surface area is 133 Å². The van der Waals surface area contributed by atoms with E-state index in [4.69, 9.17) is 16.3 Å². The minimum atomic E-state index is -0.565. The monoisotopic (exact) mass is 314 g/mol. The first-order valence-electron chi connectivity index (χ1n) is 7.33. The van der Waals surface area contributed by atoms with Gasteiger partial charge in [0.15, 0.2) is 0 Å². The summed E-state index contributed by atoms with van der Waals surface area (Å²) in [5.41, 5.74) is 0. The number of nitrogens with one attached hydrogen (secondary N) is 1. The van der Waals surface area contributed by atoms with Gasteiger partial charge in [0.05, 0.1) is 5.02 Å². The second-order valence-corrected chi connectivity index (χ2v) is 6.32. The van der Waals surface area contributed by atoms with Gasteiger partial charge < -0.3 is 20.1 Å². The SMILES string of the molecule is CC(C)C(CN(C)C)NCC(O)COc1ccccc1Cl. The van der Waals surface area contributed by atoms with Gasteiger partial charge >= 0.3 is 0 Å². The van der Waals surface area contributed by atoms with E-state index in [-0.39, 0.29) is 6.61 Å². The van der Waals surface area contributed by atoms with Crippen LogP contribution in [0.3, 0.4) is 0 Å². The zero-order valence-electron chi connectivity index (χ0n) is 13.3. The molecule has 2 N–H and O–H groups in total. The van der Waals surface area contributed by atoms with E-state index in [0.717, 1.165) is 6.54 Å². The summed E-state index contributed by atoms with van der Waals surface area (Å²) in [5.74, 6) is 1.11. The number of hydrogen-bond acceptors (Lipinski definition) is 4. The van der Waals surface area contributed by atoms with E-state index in [0.29, 0.717) is 29.3 Å². The van der Waals surface area contributed by atoms with Gasteiger partial charge in [0.25, 0.3) is 0 Å². The molecule has 0 bridgehead atoms. The molecule has 0 heterocycles. The number of hydrogen-bond donors (Lipinski definition) is 2. The molecular formula is C16H27ClN2O2. The Bertz CT molecular complexity index is 413. The van der Waals surface area contributed by atoms with Crippen molar-refractivity contribution in [1.82, 2.24) is 10.2 Å². The summed E-state index contributed by atoms with van der Waals surface area (Å²) in [5, 5.41) is 14.0. The third-order valence-electron chi connectivity index (χ3n) is 3.25. The summed E-state index contributed by atoms with van der Waals surface area (Å²) in [4.78, 5) is 2.14. The number of nitrogens with zero attached hydrogens (tertiary/aromatic N) is 1. The van der Waals surface area contributed by atoms with Gasteiger partial charge in [-0.3, -0.25) is 0 Å². The van der Waals surface area contributed by atoms with Crippen molar-refractivity contribution in [3.63, 3.8) is 0 Å². The van der Waals surface area contributed by atoms with E-state index in [9.17, 15) is 5.11 Å². The van der Waals surface area contributed by atoms with E-state index in [1.54, 1.807) is 12.1 Å². The first-order chi connectivity index (χ1) is 9.90. The molecule has 2 unspecified atom stereocenters. The van der Waals surface area contributed by atoms with Gasteiger partial charge in [-0.2, -0.15) is 0 Å². The third-order valence-corrected chi connectivity index (χ3v) is 3.56. The topological polar surface area (TPSA) is 44.7 Å². The van der Waals surface area contributed by atoms with E-state index in [1.165, 1.54) is 0 Å². The van der Waals surface area contributed by atoms with Gasteiger partial charge in [0.2, 0.25) is 0 Å². The number of halogens is 1. The summed E-state index contributed by atoms with van der Waals surface area (Å²) in [7, 11) is 4.10. The average Bonchev–Trinajstić information content (AvgIpc) is 2.41. The number of para-hydroxylation sites is 1. The van der Waals surface area contributed by atoms with Crippen molar-refractivity contribution in [3.8, 4) is 5.75 Å². The Balaban J connectivity index is 2.36. The van der Waals surface area contributed by atoms with Crippen LogP contribution in [-0.4, -0.2) is 55.9 Å². The second kappa shape index (κ2) is 9.26. The zero-order chi connectivity index (χ0) is 15.8. The maximum Gasteiger partial charge on any atom is 0.138 e. The van der Waals surface area contributed by atoms with E-state index >= 15 is 0 Å². The lowest BCUT2D eigenvalue weighted by atomic mass is 10.0. The van der Waals surface area contributed by atoms with Crippen LogP contribution in [0.1, 0.15) is 13.8 Å². The molecule has 1 rings (SSSR count). The predicted molar refractivity (Wildman–Crippen MR) is 88.1 cm³/mol. The van der Waals surface area contributed by atoms with Gasteiger partial charge in [0.1, 0.15) is 18.5 Å². The number of ether oxygens (including phenoxy) is 1. The second-order valence-electron chi connectivity index (χ2n) is 5.92. The van der Waals surface area contributed by atoms with Gasteiger partial charge in [-0.25, -0.2) is 0 Å². The molecule has 0 amide bonds. The summed E-state index contributed by atoms with van der Waals surface area (Å²) >= 11 is 6.01. The van der Waals surface area contributed by atoms with Gasteiger partial charge in [-0.05, 0) is 32.1 Å². The van der Waals surface area contributed by atoms with Crippen molar-refractivity contribution < 1.29 is 9.84 Å². The Kier molecular flexibility index (Phi) is 8.04. The quantitative estimate of drug-likeness (QED) is 0.734. The molecule has 0 spiro atoms. The minimum absolute atomic E-state index is 0.226. The molecule has 1 aromatic carbocycles. The Morgan fingerprint density at radius 1 is 1.29 bits per heavy atom. The Morgan fingerprint density at radius 2 is 1.95 bits per heavy atom. The summed E-state index contributed by atoms with van der Waals surface area (Å²) < 4.78 is 5.54. The molecule has 120 valence electrons. The Hall–Kier alpha value is -0.810. The van der Waals surface area contributed by atoms with Crippen molar-refractivity contribution in [2.75, 3.05) is 33.8 Å². The minimum Gasteiger partial charge on any atom is -0.489 e.